The Balaban J connectivity index is 1.41. The highest BCUT2D eigenvalue weighted by atomic mass is 16.4. The predicted molar refractivity (Wildman–Crippen MR) is 108 cm³/mol. The van der Waals surface area contributed by atoms with Crippen molar-refractivity contribution in [3.8, 4) is 0 Å². The number of nitrogens with zero attached hydrogens (tertiary/aromatic N) is 2. The summed E-state index contributed by atoms with van der Waals surface area (Å²) < 4.78 is 5.76. The van der Waals surface area contributed by atoms with Gasteiger partial charge in [0.25, 0.3) is 5.91 Å². The third-order valence-corrected chi connectivity index (χ3v) is 5.18. The van der Waals surface area contributed by atoms with E-state index in [2.05, 4.69) is 40.5 Å². The van der Waals surface area contributed by atoms with Crippen LogP contribution in [0.2, 0.25) is 0 Å². The molecule has 3 rings (SSSR count). The van der Waals surface area contributed by atoms with Crippen LogP contribution < -0.4 is 5.32 Å². The summed E-state index contributed by atoms with van der Waals surface area (Å²) in [6, 6.07) is 14.5. The molecule has 1 saturated heterocycles. The molecule has 0 bridgehead atoms. The van der Waals surface area contributed by atoms with Crippen LogP contribution in [0.25, 0.3) is 0 Å². The first-order valence-electron chi connectivity index (χ1n) is 9.88. The Kier molecular flexibility index (Phi) is 7.07. The maximum absolute atomic E-state index is 12.1. The second-order valence-corrected chi connectivity index (χ2v) is 7.73. The van der Waals surface area contributed by atoms with Crippen molar-refractivity contribution in [2.24, 2.45) is 5.92 Å². The summed E-state index contributed by atoms with van der Waals surface area (Å²) in [6.07, 6.45) is 3.60. The van der Waals surface area contributed by atoms with Crippen molar-refractivity contribution in [3.05, 3.63) is 59.5 Å². The van der Waals surface area contributed by atoms with Crippen LogP contribution in [-0.4, -0.2) is 56.0 Å². The fourth-order valence-electron chi connectivity index (χ4n) is 3.58. The maximum atomic E-state index is 12.1. The van der Waals surface area contributed by atoms with E-state index in [0.29, 0.717) is 12.3 Å². The zero-order valence-electron chi connectivity index (χ0n) is 16.5. The van der Waals surface area contributed by atoms with Crippen LogP contribution >= 0.6 is 0 Å². The highest BCUT2D eigenvalue weighted by Crippen LogP contribution is 2.23. The van der Waals surface area contributed by atoms with E-state index in [1.807, 2.05) is 25.1 Å². The smallest absolute Gasteiger partial charge is 0.287 e. The fraction of sp³-hybridized carbons (Fsp3) is 0.500. The molecule has 0 radical (unpaired) electrons. The van der Waals surface area contributed by atoms with Gasteiger partial charge in [-0.25, -0.2) is 0 Å². The molecule has 1 aliphatic rings. The van der Waals surface area contributed by atoms with Gasteiger partial charge in [0.1, 0.15) is 5.76 Å². The van der Waals surface area contributed by atoms with Gasteiger partial charge in [0, 0.05) is 13.1 Å². The molecule has 0 spiro atoms. The number of benzene rings is 1. The van der Waals surface area contributed by atoms with Crippen molar-refractivity contribution >= 4 is 5.91 Å². The average molecular weight is 370 g/mol. The number of hydrogen-bond acceptors (Lipinski definition) is 4. The second kappa shape index (κ2) is 9.72. The summed E-state index contributed by atoms with van der Waals surface area (Å²) in [5.41, 5.74) is 1.44. The van der Waals surface area contributed by atoms with Gasteiger partial charge in [-0.15, -0.1) is 0 Å². The third kappa shape index (κ3) is 6.22. The molecule has 1 amide bonds. The second-order valence-electron chi connectivity index (χ2n) is 7.73. The van der Waals surface area contributed by atoms with E-state index in [4.69, 9.17) is 4.42 Å². The normalized spacial score (nSPS) is 16.0. The summed E-state index contributed by atoms with van der Waals surface area (Å²) in [5.74, 6) is 1.90. The minimum atomic E-state index is -0.135. The molecule has 0 saturated carbocycles. The molecule has 2 aromatic rings. The van der Waals surface area contributed by atoms with Crippen LogP contribution in [0.4, 0.5) is 0 Å². The first kappa shape index (κ1) is 19.6. The van der Waals surface area contributed by atoms with Crippen molar-refractivity contribution in [1.29, 1.82) is 0 Å². The quantitative estimate of drug-likeness (QED) is 0.777. The van der Waals surface area contributed by atoms with Gasteiger partial charge >= 0.3 is 0 Å². The molecule has 1 aromatic heterocycles. The molecule has 2 heterocycles. The van der Waals surface area contributed by atoms with Gasteiger partial charge < -0.3 is 14.6 Å². The van der Waals surface area contributed by atoms with Crippen LogP contribution in [0.5, 0.6) is 0 Å². The SMILES string of the molecule is CN(C)CCNC(=O)c1ccc(CN2CCC(Cc3ccccc3)CC2)o1. The van der Waals surface area contributed by atoms with Crippen LogP contribution in [0.15, 0.2) is 46.9 Å². The van der Waals surface area contributed by atoms with Crippen molar-refractivity contribution in [2.75, 3.05) is 40.3 Å². The molecule has 5 heteroatoms. The predicted octanol–water partition coefficient (Wildman–Crippen LogP) is 3.03. The standard InChI is InChI=1S/C22H31N3O2/c1-24(2)15-12-23-22(26)21-9-8-20(27-21)17-25-13-10-19(11-14-25)16-18-6-4-3-5-7-18/h3-9,19H,10-17H2,1-2H3,(H,23,26). The number of carbonyl (C=O) groups is 1. The van der Waals surface area contributed by atoms with E-state index in [-0.39, 0.29) is 5.91 Å². The molecule has 27 heavy (non-hydrogen) atoms. The number of hydrogen-bond donors (Lipinski definition) is 1. The van der Waals surface area contributed by atoms with Gasteiger partial charge in [0.2, 0.25) is 0 Å². The summed E-state index contributed by atoms with van der Waals surface area (Å²) in [4.78, 5) is 16.6. The van der Waals surface area contributed by atoms with Gasteiger partial charge in [-0.3, -0.25) is 9.69 Å². The maximum Gasteiger partial charge on any atom is 0.287 e. The first-order valence-corrected chi connectivity index (χ1v) is 9.88. The number of rotatable bonds is 8. The van der Waals surface area contributed by atoms with Crippen LogP contribution in [0.1, 0.15) is 34.7 Å². The monoisotopic (exact) mass is 369 g/mol. The minimum absolute atomic E-state index is 0.135. The van der Waals surface area contributed by atoms with Gasteiger partial charge in [-0.1, -0.05) is 30.3 Å². The van der Waals surface area contributed by atoms with Crippen LogP contribution in [0.3, 0.4) is 0 Å². The zero-order chi connectivity index (χ0) is 19.1. The van der Waals surface area contributed by atoms with Gasteiger partial charge in [0.05, 0.1) is 6.54 Å². The summed E-state index contributed by atoms with van der Waals surface area (Å²) in [5, 5.41) is 2.89. The largest absolute Gasteiger partial charge is 0.455 e. The lowest BCUT2D eigenvalue weighted by atomic mass is 9.90. The number of likely N-dealkylation sites (N-methyl/N-ethyl adjacent to an activating group) is 1. The topological polar surface area (TPSA) is 48.7 Å². The lowest BCUT2D eigenvalue weighted by Crippen LogP contribution is -2.33. The number of carbonyl (C=O) groups excluding carboxylic acids is 1. The van der Waals surface area contributed by atoms with Crippen molar-refractivity contribution in [1.82, 2.24) is 15.1 Å². The molecular formula is C22H31N3O2. The molecule has 1 aromatic carbocycles. The molecule has 5 nitrogen and oxygen atoms in total. The molecular weight excluding hydrogens is 338 g/mol. The Bertz CT molecular complexity index is 703. The van der Waals surface area contributed by atoms with E-state index < -0.39 is 0 Å². The summed E-state index contributed by atoms with van der Waals surface area (Å²) in [6.45, 7) is 4.39. The lowest BCUT2D eigenvalue weighted by molar-refractivity contribution is 0.0917. The van der Waals surface area contributed by atoms with Crippen LogP contribution in [0, 0.1) is 5.92 Å². The number of nitrogens with one attached hydrogen (secondary N) is 1. The van der Waals surface area contributed by atoms with E-state index in [1.165, 1.54) is 24.8 Å². The highest BCUT2D eigenvalue weighted by molar-refractivity contribution is 5.91. The molecule has 1 fully saturated rings. The Hall–Kier alpha value is -2.11. The Labute approximate surface area is 162 Å². The first-order chi connectivity index (χ1) is 13.1. The summed E-state index contributed by atoms with van der Waals surface area (Å²) in [7, 11) is 3.97. The number of amides is 1. The van der Waals surface area contributed by atoms with Gasteiger partial charge in [-0.2, -0.15) is 0 Å². The molecule has 1 N–H and O–H groups in total. The minimum Gasteiger partial charge on any atom is -0.455 e. The highest BCUT2D eigenvalue weighted by Gasteiger charge is 2.21. The average Bonchev–Trinajstić information content (AvgIpc) is 3.12. The van der Waals surface area contributed by atoms with Crippen molar-refractivity contribution in [2.45, 2.75) is 25.8 Å². The third-order valence-electron chi connectivity index (χ3n) is 5.18. The molecule has 0 unspecified atom stereocenters. The lowest BCUT2D eigenvalue weighted by Gasteiger charge is -2.31. The van der Waals surface area contributed by atoms with Crippen molar-refractivity contribution < 1.29 is 9.21 Å². The molecule has 0 aliphatic carbocycles. The van der Waals surface area contributed by atoms with Gasteiger partial charge in [-0.05, 0) is 70.1 Å². The number of furan rings is 1. The van der Waals surface area contributed by atoms with Crippen LogP contribution in [-0.2, 0) is 13.0 Å². The fourth-order valence-corrected chi connectivity index (χ4v) is 3.58. The van der Waals surface area contributed by atoms with E-state index in [1.54, 1.807) is 6.07 Å². The Morgan fingerprint density at radius 3 is 2.59 bits per heavy atom. The van der Waals surface area contributed by atoms with E-state index in [0.717, 1.165) is 37.9 Å². The molecule has 146 valence electrons. The van der Waals surface area contributed by atoms with Gasteiger partial charge in [0.15, 0.2) is 5.76 Å². The number of likely N-dealkylation sites (tertiary alicyclic amines) is 1. The number of piperidine rings is 1. The van der Waals surface area contributed by atoms with E-state index in [9.17, 15) is 4.79 Å². The Morgan fingerprint density at radius 1 is 1.15 bits per heavy atom. The molecule has 0 atom stereocenters. The summed E-state index contributed by atoms with van der Waals surface area (Å²) >= 11 is 0. The zero-order valence-corrected chi connectivity index (χ0v) is 16.5. The van der Waals surface area contributed by atoms with E-state index >= 15 is 0 Å². The van der Waals surface area contributed by atoms with Crippen molar-refractivity contribution in [3.63, 3.8) is 0 Å². The molecule has 1 aliphatic heterocycles. The Morgan fingerprint density at radius 2 is 1.89 bits per heavy atom.